The molecule has 1 aliphatic rings. The summed E-state index contributed by atoms with van der Waals surface area (Å²) >= 11 is 0. The number of hydrogen-bond donors (Lipinski definition) is 1. The molecule has 0 amide bonds. The van der Waals surface area contributed by atoms with Crippen molar-refractivity contribution in [1.29, 1.82) is 0 Å². The molecule has 0 spiro atoms. The molecule has 0 saturated carbocycles. The average molecular weight is 450 g/mol. The number of nitrogens with zero attached hydrogens (tertiary/aromatic N) is 4. The van der Waals surface area contributed by atoms with Crippen molar-refractivity contribution in [2.24, 2.45) is 5.73 Å². The molecule has 3 heterocycles. The van der Waals surface area contributed by atoms with Gasteiger partial charge in [0.25, 0.3) is 0 Å². The van der Waals surface area contributed by atoms with Gasteiger partial charge in [0.2, 0.25) is 0 Å². The Hall–Kier alpha value is -2.90. The van der Waals surface area contributed by atoms with Crippen molar-refractivity contribution < 1.29 is 9.13 Å². The Morgan fingerprint density at radius 3 is 2.67 bits per heavy atom. The third-order valence-corrected chi connectivity index (χ3v) is 6.47. The molecule has 0 radical (unpaired) electrons. The van der Waals surface area contributed by atoms with Gasteiger partial charge in [-0.05, 0) is 48.9 Å². The summed E-state index contributed by atoms with van der Waals surface area (Å²) in [7, 11) is 1.76. The molecule has 4 rings (SSSR count). The van der Waals surface area contributed by atoms with Gasteiger partial charge < -0.3 is 15.4 Å². The molecule has 6 nitrogen and oxygen atoms in total. The number of nitrogens with two attached hydrogens (primary N) is 1. The highest BCUT2D eigenvalue weighted by Crippen LogP contribution is 2.26. The number of pyridine rings is 1. The molecule has 2 N–H and O–H groups in total. The molecule has 1 aromatic carbocycles. The maximum Gasteiger partial charge on any atom is 0.135 e. The molecule has 0 aliphatic carbocycles. The van der Waals surface area contributed by atoms with E-state index in [4.69, 9.17) is 10.5 Å². The minimum atomic E-state index is -0.202. The van der Waals surface area contributed by atoms with Crippen LogP contribution >= 0.6 is 0 Å². The third-order valence-electron chi connectivity index (χ3n) is 6.47. The number of anilines is 1. The van der Waals surface area contributed by atoms with Crippen LogP contribution in [0.4, 0.5) is 10.1 Å². The number of rotatable bonds is 9. The molecule has 0 bridgehead atoms. The van der Waals surface area contributed by atoms with Crippen molar-refractivity contribution in [3.63, 3.8) is 0 Å². The van der Waals surface area contributed by atoms with Crippen molar-refractivity contribution in [1.82, 2.24) is 15.0 Å². The minimum absolute atomic E-state index is 0.0100. The predicted octanol–water partition coefficient (Wildman–Crippen LogP) is 3.89. The SMILES string of the molecule is CO[C@@H]1CCN(c2cnc(C(C)c3cccnc3CCC(N)Cc3ccccc3F)nc2)C1. The second-order valence-corrected chi connectivity index (χ2v) is 8.75. The van der Waals surface area contributed by atoms with E-state index in [0.717, 1.165) is 55.1 Å². The molecule has 1 aliphatic heterocycles. The van der Waals surface area contributed by atoms with Gasteiger partial charge in [-0.3, -0.25) is 4.98 Å². The topological polar surface area (TPSA) is 77.2 Å². The smallest absolute Gasteiger partial charge is 0.135 e. The first-order valence-corrected chi connectivity index (χ1v) is 11.6. The summed E-state index contributed by atoms with van der Waals surface area (Å²) in [4.78, 5) is 16.2. The van der Waals surface area contributed by atoms with Crippen LogP contribution in [0.5, 0.6) is 0 Å². The van der Waals surface area contributed by atoms with Crippen LogP contribution in [0, 0.1) is 5.82 Å². The number of aryl methyl sites for hydroxylation is 1. The fourth-order valence-electron chi connectivity index (χ4n) is 4.44. The zero-order chi connectivity index (χ0) is 23.2. The molecule has 2 aromatic heterocycles. The first-order valence-electron chi connectivity index (χ1n) is 11.6. The van der Waals surface area contributed by atoms with Gasteiger partial charge in [0.05, 0.1) is 24.2 Å². The number of aromatic nitrogens is 3. The van der Waals surface area contributed by atoms with Crippen molar-refractivity contribution in [3.05, 3.63) is 83.5 Å². The Morgan fingerprint density at radius 1 is 1.15 bits per heavy atom. The molecule has 3 atom stereocenters. The zero-order valence-corrected chi connectivity index (χ0v) is 19.3. The van der Waals surface area contributed by atoms with Crippen molar-refractivity contribution in [2.75, 3.05) is 25.1 Å². The highest BCUT2D eigenvalue weighted by atomic mass is 19.1. The van der Waals surface area contributed by atoms with E-state index in [-0.39, 0.29) is 23.9 Å². The quantitative estimate of drug-likeness (QED) is 0.534. The van der Waals surface area contributed by atoms with E-state index in [1.165, 1.54) is 6.07 Å². The zero-order valence-electron chi connectivity index (χ0n) is 19.3. The fourth-order valence-corrected chi connectivity index (χ4v) is 4.44. The van der Waals surface area contributed by atoms with Crippen LogP contribution in [-0.4, -0.2) is 47.3 Å². The molecule has 3 aromatic rings. The van der Waals surface area contributed by atoms with Gasteiger partial charge in [-0.1, -0.05) is 31.2 Å². The Bertz CT molecular complexity index is 1040. The molecular weight excluding hydrogens is 417 g/mol. The summed E-state index contributed by atoms with van der Waals surface area (Å²) in [6.45, 7) is 3.93. The fraction of sp³-hybridized carbons (Fsp3) is 0.423. The second-order valence-electron chi connectivity index (χ2n) is 8.75. The first kappa shape index (κ1) is 23.3. The molecule has 174 valence electrons. The normalized spacial score (nSPS) is 17.8. The lowest BCUT2D eigenvalue weighted by Crippen LogP contribution is -2.24. The van der Waals surface area contributed by atoms with Crippen LogP contribution in [0.3, 0.4) is 0 Å². The molecule has 1 saturated heterocycles. The first-order chi connectivity index (χ1) is 16.0. The van der Waals surface area contributed by atoms with E-state index in [0.29, 0.717) is 12.0 Å². The number of halogens is 1. The highest BCUT2D eigenvalue weighted by Gasteiger charge is 2.23. The Kier molecular flexibility index (Phi) is 7.62. The number of ether oxygens (including phenoxy) is 1. The number of hydrogen-bond acceptors (Lipinski definition) is 6. The van der Waals surface area contributed by atoms with E-state index >= 15 is 0 Å². The maximum atomic E-state index is 13.9. The summed E-state index contributed by atoms with van der Waals surface area (Å²) in [5, 5.41) is 0. The predicted molar refractivity (Wildman–Crippen MR) is 128 cm³/mol. The van der Waals surface area contributed by atoms with E-state index < -0.39 is 0 Å². The van der Waals surface area contributed by atoms with Crippen LogP contribution in [0.1, 0.15) is 48.3 Å². The van der Waals surface area contributed by atoms with E-state index in [2.05, 4.69) is 32.8 Å². The summed E-state index contributed by atoms with van der Waals surface area (Å²) in [6, 6.07) is 10.7. The Labute approximate surface area is 195 Å². The van der Waals surface area contributed by atoms with Gasteiger partial charge in [-0.2, -0.15) is 0 Å². The molecule has 1 fully saturated rings. The summed E-state index contributed by atoms with van der Waals surface area (Å²) in [5.41, 5.74) is 10.1. The maximum absolute atomic E-state index is 13.9. The second kappa shape index (κ2) is 10.8. The minimum Gasteiger partial charge on any atom is -0.380 e. The van der Waals surface area contributed by atoms with Gasteiger partial charge >= 0.3 is 0 Å². The highest BCUT2D eigenvalue weighted by molar-refractivity contribution is 5.44. The third kappa shape index (κ3) is 5.72. The average Bonchev–Trinajstić information content (AvgIpc) is 3.33. The van der Waals surface area contributed by atoms with Gasteiger partial charge in [-0.15, -0.1) is 0 Å². The van der Waals surface area contributed by atoms with Gasteiger partial charge in [-0.25, -0.2) is 14.4 Å². The van der Waals surface area contributed by atoms with E-state index in [1.54, 1.807) is 25.4 Å². The Balaban J connectivity index is 1.40. The van der Waals surface area contributed by atoms with Gasteiger partial charge in [0.1, 0.15) is 11.6 Å². The lowest BCUT2D eigenvalue weighted by Gasteiger charge is -2.19. The molecule has 2 unspecified atom stereocenters. The monoisotopic (exact) mass is 449 g/mol. The molecule has 33 heavy (non-hydrogen) atoms. The standard InChI is InChI=1S/C26H32FN5O/c1-18(26-30-15-21(16-31-26)32-13-11-22(17-32)33-2)23-7-5-12-29-25(23)10-9-20(28)14-19-6-3-4-8-24(19)27/h3-8,12,15-16,18,20,22H,9-11,13-14,17,28H2,1-2H3/t18?,20?,22-/m1/s1. The van der Waals surface area contributed by atoms with Crippen LogP contribution in [0.2, 0.25) is 0 Å². The van der Waals surface area contributed by atoms with Crippen LogP contribution in [0.25, 0.3) is 0 Å². The van der Waals surface area contributed by atoms with E-state index in [1.807, 2.05) is 24.5 Å². The summed E-state index contributed by atoms with van der Waals surface area (Å²) < 4.78 is 19.4. The number of methoxy groups -OCH3 is 1. The lowest BCUT2D eigenvalue weighted by molar-refractivity contribution is 0.121. The lowest BCUT2D eigenvalue weighted by atomic mass is 9.94. The number of benzene rings is 1. The van der Waals surface area contributed by atoms with Gasteiger partial charge in [0.15, 0.2) is 0 Å². The Morgan fingerprint density at radius 2 is 1.94 bits per heavy atom. The molecule has 7 heteroatoms. The van der Waals surface area contributed by atoms with Crippen LogP contribution < -0.4 is 10.6 Å². The van der Waals surface area contributed by atoms with Gasteiger partial charge in [0, 0.05) is 44.0 Å². The van der Waals surface area contributed by atoms with Crippen LogP contribution in [0.15, 0.2) is 55.0 Å². The summed E-state index contributed by atoms with van der Waals surface area (Å²) in [5.74, 6) is 0.578. The largest absolute Gasteiger partial charge is 0.380 e. The summed E-state index contributed by atoms with van der Waals surface area (Å²) in [6.07, 6.45) is 8.85. The van der Waals surface area contributed by atoms with Crippen molar-refractivity contribution >= 4 is 5.69 Å². The van der Waals surface area contributed by atoms with E-state index in [9.17, 15) is 4.39 Å². The van der Waals surface area contributed by atoms with Crippen molar-refractivity contribution in [2.45, 2.75) is 50.7 Å². The van der Waals surface area contributed by atoms with Crippen LogP contribution in [-0.2, 0) is 17.6 Å². The van der Waals surface area contributed by atoms with Crippen molar-refractivity contribution in [3.8, 4) is 0 Å². The molecular formula is C26H32FN5O.